The zero-order valence-electron chi connectivity index (χ0n) is 14.6. The predicted octanol–water partition coefficient (Wildman–Crippen LogP) is 4.32. The van der Waals surface area contributed by atoms with Crippen molar-refractivity contribution in [1.29, 1.82) is 0 Å². The van der Waals surface area contributed by atoms with Gasteiger partial charge in [-0.1, -0.05) is 48.2 Å². The fourth-order valence-electron chi connectivity index (χ4n) is 3.51. The Morgan fingerprint density at radius 3 is 2.67 bits per heavy atom. The van der Waals surface area contributed by atoms with E-state index in [-0.39, 0.29) is 5.56 Å². The number of pyridine rings is 2. The number of hydrogen-bond donors (Lipinski definition) is 1. The molecule has 1 N–H and O–H groups in total. The summed E-state index contributed by atoms with van der Waals surface area (Å²) in [5, 5.41) is 11.8. The number of para-hydroxylation sites is 2. The Bertz CT molecular complexity index is 1370. The lowest BCUT2D eigenvalue weighted by atomic mass is 10.1. The van der Waals surface area contributed by atoms with E-state index in [1.54, 1.807) is 17.8 Å². The number of hydrogen-bond acceptors (Lipinski definition) is 4. The minimum Gasteiger partial charge on any atom is -0.322 e. The van der Waals surface area contributed by atoms with Crippen LogP contribution < -0.4 is 5.56 Å². The van der Waals surface area contributed by atoms with Crippen LogP contribution in [0.25, 0.3) is 27.5 Å². The lowest BCUT2D eigenvalue weighted by Gasteiger charge is -2.08. The van der Waals surface area contributed by atoms with Gasteiger partial charge in [-0.25, -0.2) is 0 Å². The topological polar surface area (TPSA) is 63.0 Å². The second-order valence-corrected chi connectivity index (χ2v) is 7.46. The van der Waals surface area contributed by atoms with Crippen LogP contribution in [0, 0.1) is 6.92 Å². The first-order valence-electron chi connectivity index (χ1n) is 8.68. The standard InChI is InChI=1S/C21H16N4OS/c1-13-10-19-23-24-21(25(19)18-9-5-3-6-15(13)18)27-12-14-11-20(26)22-17-8-4-2-7-16(14)17/h2-11H,12H2,1H3,(H,22,26). The second-order valence-electron chi connectivity index (χ2n) is 6.51. The molecule has 0 atom stereocenters. The van der Waals surface area contributed by atoms with Gasteiger partial charge in [-0.2, -0.15) is 0 Å². The number of fused-ring (bicyclic) bond motifs is 4. The van der Waals surface area contributed by atoms with Gasteiger partial charge in [-0.3, -0.25) is 9.20 Å². The van der Waals surface area contributed by atoms with Gasteiger partial charge in [0, 0.05) is 28.1 Å². The van der Waals surface area contributed by atoms with Crippen LogP contribution in [0.5, 0.6) is 0 Å². The zero-order valence-corrected chi connectivity index (χ0v) is 15.5. The summed E-state index contributed by atoms with van der Waals surface area (Å²) in [5.74, 6) is 0.646. The SMILES string of the molecule is Cc1cc2nnc(SCc3cc(=O)[nH]c4ccccc34)n2c2ccccc12. The maximum absolute atomic E-state index is 12.0. The van der Waals surface area contributed by atoms with Crippen molar-refractivity contribution in [3.05, 3.63) is 82.1 Å². The molecular formula is C21H16N4OS. The monoisotopic (exact) mass is 372 g/mol. The van der Waals surface area contributed by atoms with Gasteiger partial charge in [0.1, 0.15) is 0 Å². The largest absolute Gasteiger partial charge is 0.322 e. The van der Waals surface area contributed by atoms with Crippen molar-refractivity contribution < 1.29 is 0 Å². The number of aryl methyl sites for hydroxylation is 1. The van der Waals surface area contributed by atoms with Crippen LogP contribution in [0.2, 0.25) is 0 Å². The molecule has 0 radical (unpaired) electrons. The molecule has 5 aromatic rings. The number of benzene rings is 2. The normalized spacial score (nSPS) is 11.6. The van der Waals surface area contributed by atoms with Crippen LogP contribution in [0.3, 0.4) is 0 Å². The van der Waals surface area contributed by atoms with Crippen LogP contribution in [0.15, 0.2) is 70.6 Å². The minimum absolute atomic E-state index is 0.0866. The first kappa shape index (κ1) is 16.1. The third-order valence-electron chi connectivity index (χ3n) is 4.77. The smallest absolute Gasteiger partial charge is 0.248 e. The summed E-state index contributed by atoms with van der Waals surface area (Å²) in [7, 11) is 0. The molecule has 0 aliphatic rings. The van der Waals surface area contributed by atoms with Crippen molar-refractivity contribution in [3.63, 3.8) is 0 Å². The molecule has 0 fully saturated rings. The van der Waals surface area contributed by atoms with Crippen molar-refractivity contribution in [3.8, 4) is 0 Å². The summed E-state index contributed by atoms with van der Waals surface area (Å²) in [6, 6.07) is 19.9. The zero-order chi connectivity index (χ0) is 18.4. The first-order chi connectivity index (χ1) is 13.2. The van der Waals surface area contributed by atoms with E-state index in [4.69, 9.17) is 0 Å². The maximum atomic E-state index is 12.0. The summed E-state index contributed by atoms with van der Waals surface area (Å²) in [6.07, 6.45) is 0. The van der Waals surface area contributed by atoms with Gasteiger partial charge in [0.05, 0.1) is 5.52 Å². The second kappa shape index (κ2) is 6.25. The highest BCUT2D eigenvalue weighted by atomic mass is 32.2. The van der Waals surface area contributed by atoms with Gasteiger partial charge in [0.15, 0.2) is 10.8 Å². The Morgan fingerprint density at radius 2 is 1.78 bits per heavy atom. The van der Waals surface area contributed by atoms with Crippen LogP contribution in [0.4, 0.5) is 0 Å². The molecule has 2 aromatic carbocycles. The molecule has 0 aliphatic heterocycles. The Hall–Kier alpha value is -3.12. The number of thioether (sulfide) groups is 1. The molecule has 0 spiro atoms. The molecule has 3 heterocycles. The van der Waals surface area contributed by atoms with E-state index in [1.807, 2.05) is 36.4 Å². The van der Waals surface area contributed by atoms with Gasteiger partial charge in [0.25, 0.3) is 0 Å². The highest BCUT2D eigenvalue weighted by Crippen LogP contribution is 2.28. The van der Waals surface area contributed by atoms with E-state index in [0.29, 0.717) is 5.75 Å². The molecule has 0 unspecified atom stereocenters. The molecule has 0 saturated carbocycles. The number of rotatable bonds is 3. The average Bonchev–Trinajstić information content (AvgIpc) is 3.09. The third-order valence-corrected chi connectivity index (χ3v) is 5.74. The van der Waals surface area contributed by atoms with Gasteiger partial charge in [-0.05, 0) is 36.2 Å². The highest BCUT2D eigenvalue weighted by Gasteiger charge is 2.12. The van der Waals surface area contributed by atoms with Crippen LogP contribution >= 0.6 is 11.8 Å². The number of aromatic nitrogens is 4. The van der Waals surface area contributed by atoms with E-state index in [2.05, 4.69) is 44.7 Å². The molecular weight excluding hydrogens is 356 g/mol. The molecule has 0 amide bonds. The number of aromatic amines is 1. The fourth-order valence-corrected chi connectivity index (χ4v) is 4.45. The van der Waals surface area contributed by atoms with E-state index in [9.17, 15) is 4.79 Å². The summed E-state index contributed by atoms with van der Waals surface area (Å²) in [5.41, 5.74) is 4.87. The first-order valence-corrected chi connectivity index (χ1v) is 9.66. The summed E-state index contributed by atoms with van der Waals surface area (Å²) in [6.45, 7) is 2.09. The molecule has 0 saturated heterocycles. The molecule has 0 bridgehead atoms. The van der Waals surface area contributed by atoms with Gasteiger partial charge in [-0.15, -0.1) is 10.2 Å². The average molecular weight is 372 g/mol. The Balaban J connectivity index is 1.61. The predicted molar refractivity (Wildman–Crippen MR) is 109 cm³/mol. The van der Waals surface area contributed by atoms with Gasteiger partial charge >= 0.3 is 0 Å². The molecule has 6 heteroatoms. The third kappa shape index (κ3) is 2.69. The molecule has 27 heavy (non-hydrogen) atoms. The Morgan fingerprint density at radius 1 is 1.00 bits per heavy atom. The molecule has 0 aliphatic carbocycles. The molecule has 3 aromatic heterocycles. The van der Waals surface area contributed by atoms with E-state index < -0.39 is 0 Å². The fraction of sp³-hybridized carbons (Fsp3) is 0.0952. The molecule has 5 nitrogen and oxygen atoms in total. The van der Waals surface area contributed by atoms with E-state index in [1.165, 1.54) is 10.9 Å². The van der Waals surface area contributed by atoms with Gasteiger partial charge in [0.2, 0.25) is 5.56 Å². The summed E-state index contributed by atoms with van der Waals surface area (Å²) >= 11 is 1.59. The van der Waals surface area contributed by atoms with Crippen molar-refractivity contribution in [2.24, 2.45) is 0 Å². The minimum atomic E-state index is -0.0866. The lowest BCUT2D eigenvalue weighted by molar-refractivity contribution is 0.940. The van der Waals surface area contributed by atoms with Crippen LogP contribution in [-0.2, 0) is 5.75 Å². The van der Waals surface area contributed by atoms with Crippen molar-refractivity contribution in [1.82, 2.24) is 19.6 Å². The van der Waals surface area contributed by atoms with E-state index in [0.717, 1.165) is 32.8 Å². The van der Waals surface area contributed by atoms with Crippen molar-refractivity contribution in [2.45, 2.75) is 17.8 Å². The van der Waals surface area contributed by atoms with E-state index >= 15 is 0 Å². The van der Waals surface area contributed by atoms with Gasteiger partial charge < -0.3 is 4.98 Å². The Kier molecular flexibility index (Phi) is 3.72. The quantitative estimate of drug-likeness (QED) is 0.479. The number of H-pyrrole nitrogens is 1. The summed E-state index contributed by atoms with van der Waals surface area (Å²) in [4.78, 5) is 14.9. The van der Waals surface area contributed by atoms with Crippen molar-refractivity contribution in [2.75, 3.05) is 0 Å². The number of nitrogens with zero attached hydrogens (tertiary/aromatic N) is 3. The maximum Gasteiger partial charge on any atom is 0.248 e. The van der Waals surface area contributed by atoms with Crippen molar-refractivity contribution >= 4 is 39.2 Å². The highest BCUT2D eigenvalue weighted by molar-refractivity contribution is 7.98. The molecule has 132 valence electrons. The molecule has 5 rings (SSSR count). The lowest BCUT2D eigenvalue weighted by Crippen LogP contribution is -2.06. The van der Waals surface area contributed by atoms with Crippen LogP contribution in [0.1, 0.15) is 11.1 Å². The summed E-state index contributed by atoms with van der Waals surface area (Å²) < 4.78 is 2.09. The van der Waals surface area contributed by atoms with Crippen LogP contribution in [-0.4, -0.2) is 19.6 Å². The number of nitrogens with one attached hydrogen (secondary N) is 1. The Labute approximate surface area is 159 Å².